The second-order valence-electron chi connectivity index (χ2n) is 6.55. The van der Waals surface area contributed by atoms with Gasteiger partial charge in [-0.25, -0.2) is 13.4 Å². The third kappa shape index (κ3) is 4.44. The van der Waals surface area contributed by atoms with Crippen LogP contribution in [0.15, 0.2) is 6.20 Å². The molecule has 2 aliphatic heterocycles. The molecule has 1 aromatic rings. The number of carbonyl (C=O) groups is 1. The van der Waals surface area contributed by atoms with Crippen LogP contribution in [0, 0.1) is 6.92 Å². The second-order valence-corrected chi connectivity index (χ2v) is 10.1. The standard InChI is InChI=1S/C15H24N4O3S2.2ClH/c1-12-11-17-14(23-12)19-9-7-18(8-10-19)13(20)15(24(2,21)22)3-5-16-6-4-15;;/h11,16H,3-10H2,1-2H3;2*1H. The van der Waals surface area contributed by atoms with E-state index < -0.39 is 14.6 Å². The number of aryl methyl sites for hydroxylation is 1. The molecule has 0 radical (unpaired) electrons. The van der Waals surface area contributed by atoms with Gasteiger partial charge in [-0.05, 0) is 32.9 Å². The Kier molecular flexibility index (Phi) is 8.16. The molecule has 0 bridgehead atoms. The molecule has 150 valence electrons. The number of hydrogen-bond donors (Lipinski definition) is 1. The molecule has 3 heterocycles. The lowest BCUT2D eigenvalue weighted by Crippen LogP contribution is -2.61. The Morgan fingerprint density at radius 3 is 2.23 bits per heavy atom. The Bertz CT molecular complexity index is 712. The van der Waals surface area contributed by atoms with E-state index in [-0.39, 0.29) is 30.7 Å². The largest absolute Gasteiger partial charge is 0.345 e. The average Bonchev–Trinajstić information content (AvgIpc) is 3.00. The molecule has 0 spiro atoms. The monoisotopic (exact) mass is 444 g/mol. The number of aromatic nitrogens is 1. The van der Waals surface area contributed by atoms with E-state index >= 15 is 0 Å². The maximum atomic E-state index is 13.1. The summed E-state index contributed by atoms with van der Waals surface area (Å²) in [6, 6.07) is 0. The zero-order chi connectivity index (χ0) is 17.4. The van der Waals surface area contributed by atoms with E-state index in [0.717, 1.165) is 10.0 Å². The first-order chi connectivity index (χ1) is 11.3. The van der Waals surface area contributed by atoms with Gasteiger partial charge in [0.2, 0.25) is 5.91 Å². The first-order valence-corrected chi connectivity index (χ1v) is 10.9. The highest BCUT2D eigenvalue weighted by molar-refractivity contribution is 7.92. The minimum atomic E-state index is -3.45. The molecule has 2 fully saturated rings. The summed E-state index contributed by atoms with van der Waals surface area (Å²) in [5, 5.41) is 4.12. The molecule has 2 aliphatic rings. The van der Waals surface area contributed by atoms with Crippen LogP contribution in [0.25, 0.3) is 0 Å². The number of piperidine rings is 1. The number of rotatable bonds is 3. The van der Waals surface area contributed by atoms with Crippen LogP contribution < -0.4 is 10.2 Å². The number of nitrogens with one attached hydrogen (secondary N) is 1. The van der Waals surface area contributed by atoms with E-state index in [4.69, 9.17) is 0 Å². The number of anilines is 1. The van der Waals surface area contributed by atoms with Gasteiger partial charge in [0.05, 0.1) is 0 Å². The lowest BCUT2D eigenvalue weighted by molar-refractivity contribution is -0.135. The summed E-state index contributed by atoms with van der Waals surface area (Å²) in [5.41, 5.74) is 0. The number of piperazine rings is 1. The fourth-order valence-electron chi connectivity index (χ4n) is 3.45. The molecule has 0 saturated carbocycles. The van der Waals surface area contributed by atoms with Crippen LogP contribution >= 0.6 is 36.2 Å². The number of carbonyl (C=O) groups excluding carboxylic acids is 1. The van der Waals surface area contributed by atoms with Crippen LogP contribution in [0.5, 0.6) is 0 Å². The summed E-state index contributed by atoms with van der Waals surface area (Å²) in [7, 11) is -3.45. The van der Waals surface area contributed by atoms with Gasteiger partial charge in [0.15, 0.2) is 19.7 Å². The van der Waals surface area contributed by atoms with Crippen molar-refractivity contribution in [2.75, 3.05) is 50.4 Å². The smallest absolute Gasteiger partial charge is 0.244 e. The van der Waals surface area contributed by atoms with Gasteiger partial charge in [-0.15, -0.1) is 36.2 Å². The van der Waals surface area contributed by atoms with Crippen molar-refractivity contribution in [3.8, 4) is 0 Å². The number of halogens is 2. The lowest BCUT2D eigenvalue weighted by Gasteiger charge is -2.41. The SMILES string of the molecule is Cc1cnc(N2CCN(C(=O)C3(S(C)(=O)=O)CCNCC3)CC2)s1.Cl.Cl. The summed E-state index contributed by atoms with van der Waals surface area (Å²) in [6.07, 6.45) is 3.77. The van der Waals surface area contributed by atoms with Gasteiger partial charge in [-0.2, -0.15) is 0 Å². The second kappa shape index (κ2) is 9.05. The molecule has 0 unspecified atom stereocenters. The molecule has 2 saturated heterocycles. The zero-order valence-electron chi connectivity index (χ0n) is 14.9. The van der Waals surface area contributed by atoms with E-state index in [9.17, 15) is 13.2 Å². The normalized spacial score (nSPS) is 20.1. The number of thiazole rings is 1. The van der Waals surface area contributed by atoms with Crippen molar-refractivity contribution in [2.24, 2.45) is 0 Å². The Hall–Kier alpha value is -0.610. The molecule has 0 aromatic carbocycles. The Balaban J connectivity index is 0.00000169. The van der Waals surface area contributed by atoms with Crippen molar-refractivity contribution < 1.29 is 13.2 Å². The van der Waals surface area contributed by atoms with Crippen LogP contribution in [0.2, 0.25) is 0 Å². The Morgan fingerprint density at radius 1 is 1.19 bits per heavy atom. The summed E-state index contributed by atoms with van der Waals surface area (Å²) in [5.74, 6) is -0.221. The first kappa shape index (κ1) is 23.4. The highest BCUT2D eigenvalue weighted by Gasteiger charge is 2.50. The summed E-state index contributed by atoms with van der Waals surface area (Å²) >= 11 is 1.64. The highest BCUT2D eigenvalue weighted by atomic mass is 35.5. The van der Waals surface area contributed by atoms with Crippen LogP contribution in [0.1, 0.15) is 17.7 Å². The average molecular weight is 445 g/mol. The molecule has 3 rings (SSSR count). The van der Waals surface area contributed by atoms with Crippen LogP contribution in [0.4, 0.5) is 5.13 Å². The molecular formula is C15H26Cl2N4O3S2. The maximum Gasteiger partial charge on any atom is 0.244 e. The van der Waals surface area contributed by atoms with Crippen molar-refractivity contribution in [1.29, 1.82) is 0 Å². The van der Waals surface area contributed by atoms with Crippen molar-refractivity contribution >= 4 is 57.0 Å². The van der Waals surface area contributed by atoms with Gasteiger partial charge < -0.3 is 15.1 Å². The minimum absolute atomic E-state index is 0. The van der Waals surface area contributed by atoms with Crippen molar-refractivity contribution in [2.45, 2.75) is 24.5 Å². The number of hydrogen-bond acceptors (Lipinski definition) is 7. The van der Waals surface area contributed by atoms with Gasteiger partial charge in [-0.1, -0.05) is 0 Å². The predicted molar refractivity (Wildman–Crippen MR) is 110 cm³/mol. The first-order valence-electron chi connectivity index (χ1n) is 8.20. The van der Waals surface area contributed by atoms with Crippen LogP contribution in [-0.4, -0.2) is 74.5 Å². The van der Waals surface area contributed by atoms with Gasteiger partial charge in [0.1, 0.15) is 0 Å². The fraction of sp³-hybridized carbons (Fsp3) is 0.733. The van der Waals surface area contributed by atoms with Crippen molar-refractivity contribution in [3.05, 3.63) is 11.1 Å². The molecule has 1 N–H and O–H groups in total. The van der Waals surface area contributed by atoms with Gasteiger partial charge in [0.25, 0.3) is 0 Å². The molecular weight excluding hydrogens is 419 g/mol. The van der Waals surface area contributed by atoms with E-state index in [2.05, 4.69) is 15.2 Å². The summed E-state index contributed by atoms with van der Waals surface area (Å²) in [6.45, 7) is 5.63. The molecule has 26 heavy (non-hydrogen) atoms. The molecule has 11 heteroatoms. The highest BCUT2D eigenvalue weighted by Crippen LogP contribution is 2.31. The number of amides is 1. The lowest BCUT2D eigenvalue weighted by atomic mass is 9.95. The molecule has 1 amide bonds. The molecule has 7 nitrogen and oxygen atoms in total. The Morgan fingerprint density at radius 2 is 1.77 bits per heavy atom. The van der Waals surface area contributed by atoms with Crippen molar-refractivity contribution in [3.63, 3.8) is 0 Å². The van der Waals surface area contributed by atoms with Crippen LogP contribution in [0.3, 0.4) is 0 Å². The summed E-state index contributed by atoms with van der Waals surface area (Å²) < 4.78 is 23.5. The number of sulfone groups is 1. The number of nitrogens with zero attached hydrogens (tertiary/aromatic N) is 3. The third-order valence-electron chi connectivity index (χ3n) is 4.96. The van der Waals surface area contributed by atoms with E-state index in [1.54, 1.807) is 16.2 Å². The quantitative estimate of drug-likeness (QED) is 0.751. The fourth-order valence-corrected chi connectivity index (χ4v) is 5.65. The summed E-state index contributed by atoms with van der Waals surface area (Å²) in [4.78, 5) is 22.5. The predicted octanol–water partition coefficient (Wildman–Crippen LogP) is 1.11. The van der Waals surface area contributed by atoms with Gasteiger partial charge in [-0.3, -0.25) is 4.79 Å². The Labute approximate surface area is 171 Å². The molecule has 0 aliphatic carbocycles. The molecule has 0 atom stereocenters. The zero-order valence-corrected chi connectivity index (χ0v) is 18.2. The minimum Gasteiger partial charge on any atom is -0.345 e. The van der Waals surface area contributed by atoms with Crippen LogP contribution in [-0.2, 0) is 14.6 Å². The van der Waals surface area contributed by atoms with Gasteiger partial charge >= 0.3 is 0 Å². The third-order valence-corrected chi connectivity index (χ3v) is 7.93. The van der Waals surface area contributed by atoms with Crippen molar-refractivity contribution in [1.82, 2.24) is 15.2 Å². The molecule has 1 aromatic heterocycles. The van der Waals surface area contributed by atoms with Gasteiger partial charge in [0, 0.05) is 43.5 Å². The van der Waals surface area contributed by atoms with E-state index in [1.807, 2.05) is 13.1 Å². The van der Waals surface area contributed by atoms with E-state index in [0.29, 0.717) is 52.1 Å². The topological polar surface area (TPSA) is 82.6 Å². The van der Waals surface area contributed by atoms with E-state index in [1.165, 1.54) is 6.26 Å². The maximum absolute atomic E-state index is 13.1.